The topological polar surface area (TPSA) is 80.9 Å². The molecule has 0 saturated heterocycles. The number of nitrogens with zero attached hydrogens (tertiary/aromatic N) is 2. The second-order valence-corrected chi connectivity index (χ2v) is 9.62. The largest absolute Gasteiger partial charge is 0.359 e. The summed E-state index contributed by atoms with van der Waals surface area (Å²) in [6, 6.07) is 13.5. The van der Waals surface area contributed by atoms with E-state index in [0.29, 0.717) is 17.7 Å². The van der Waals surface area contributed by atoms with E-state index in [1.54, 1.807) is 17.0 Å². The van der Waals surface area contributed by atoms with Gasteiger partial charge in [-0.05, 0) is 64.8 Å². The van der Waals surface area contributed by atoms with Crippen molar-refractivity contribution in [2.75, 3.05) is 0 Å². The van der Waals surface area contributed by atoms with Gasteiger partial charge < -0.3 is 14.1 Å². The van der Waals surface area contributed by atoms with E-state index in [0.717, 1.165) is 41.9 Å². The van der Waals surface area contributed by atoms with Gasteiger partial charge in [-0.1, -0.05) is 40.5 Å². The van der Waals surface area contributed by atoms with Gasteiger partial charge in [0, 0.05) is 49.0 Å². The smallest absolute Gasteiger partial charge is 0.258 e. The summed E-state index contributed by atoms with van der Waals surface area (Å²) in [5.74, 6) is 0.670. The molecule has 6 nitrogen and oxygen atoms in total. The molecule has 8 heteroatoms. The Bertz CT molecular complexity index is 1600. The number of aromatic nitrogens is 3. The van der Waals surface area contributed by atoms with Gasteiger partial charge in [-0.2, -0.15) is 0 Å². The molecular formula is C25H21Br2N3O3. The Balaban J connectivity index is 0.000000172. The Labute approximate surface area is 206 Å². The highest BCUT2D eigenvalue weighted by Gasteiger charge is 2.10. The summed E-state index contributed by atoms with van der Waals surface area (Å²) in [6.07, 6.45) is 3.46. The first kappa shape index (κ1) is 23.2. The van der Waals surface area contributed by atoms with E-state index >= 15 is 0 Å². The molecule has 0 radical (unpaired) electrons. The van der Waals surface area contributed by atoms with E-state index in [2.05, 4.69) is 42.0 Å². The fourth-order valence-electron chi connectivity index (χ4n) is 3.58. The molecule has 5 aromatic rings. The highest BCUT2D eigenvalue weighted by molar-refractivity contribution is 9.11. The zero-order chi connectivity index (χ0) is 23.7. The van der Waals surface area contributed by atoms with Crippen LogP contribution in [-0.2, 0) is 6.54 Å². The third-order valence-electron chi connectivity index (χ3n) is 5.20. The number of aromatic amines is 1. The minimum absolute atomic E-state index is 0.0269. The van der Waals surface area contributed by atoms with E-state index in [9.17, 15) is 9.59 Å². The number of nitrogens with one attached hydrogen (secondary N) is 1. The molecule has 5 rings (SSSR count). The molecule has 0 spiro atoms. The zero-order valence-electron chi connectivity index (χ0n) is 18.3. The number of H-pyrrole nitrogens is 1. The molecule has 0 aliphatic rings. The van der Waals surface area contributed by atoms with Crippen molar-refractivity contribution < 1.29 is 4.52 Å². The number of rotatable bonds is 2. The quantitative estimate of drug-likeness (QED) is 0.281. The van der Waals surface area contributed by atoms with E-state index < -0.39 is 0 Å². The Morgan fingerprint density at radius 3 is 2.15 bits per heavy atom. The second kappa shape index (κ2) is 9.49. The summed E-state index contributed by atoms with van der Waals surface area (Å²) in [7, 11) is 0. The average Bonchev–Trinajstić information content (AvgIpc) is 3.19. The van der Waals surface area contributed by atoms with E-state index in [-0.39, 0.29) is 11.1 Å². The number of hydrogen-bond acceptors (Lipinski definition) is 4. The summed E-state index contributed by atoms with van der Waals surface area (Å²) in [5, 5.41) is 7.15. The Morgan fingerprint density at radius 2 is 1.52 bits per heavy atom. The van der Waals surface area contributed by atoms with Crippen LogP contribution in [0.3, 0.4) is 0 Å². The van der Waals surface area contributed by atoms with Crippen molar-refractivity contribution in [2.45, 2.75) is 27.3 Å². The van der Waals surface area contributed by atoms with Crippen LogP contribution in [0.1, 0.15) is 22.6 Å². The van der Waals surface area contributed by atoms with E-state index in [1.807, 2.05) is 63.2 Å². The minimum atomic E-state index is -0.0399. The molecule has 168 valence electrons. The molecule has 0 saturated carbocycles. The number of hydrogen-bond donors (Lipinski definition) is 1. The second-order valence-electron chi connectivity index (χ2n) is 7.91. The normalized spacial score (nSPS) is 10.9. The fraction of sp³-hybridized carbons (Fsp3) is 0.160. The van der Waals surface area contributed by atoms with Gasteiger partial charge >= 0.3 is 0 Å². The molecule has 0 fully saturated rings. The van der Waals surface area contributed by atoms with Crippen LogP contribution in [0.5, 0.6) is 0 Å². The van der Waals surface area contributed by atoms with Crippen LogP contribution in [0.4, 0.5) is 0 Å². The predicted molar refractivity (Wildman–Crippen MR) is 138 cm³/mol. The van der Waals surface area contributed by atoms with Crippen LogP contribution in [0, 0.1) is 20.8 Å². The average molecular weight is 571 g/mol. The van der Waals surface area contributed by atoms with Crippen molar-refractivity contribution in [3.05, 3.63) is 107 Å². The van der Waals surface area contributed by atoms with Gasteiger partial charge in [0.1, 0.15) is 0 Å². The Hall–Kier alpha value is -2.97. The molecule has 33 heavy (non-hydrogen) atoms. The number of halogens is 2. The third-order valence-corrected chi connectivity index (χ3v) is 6.49. The van der Waals surface area contributed by atoms with Crippen LogP contribution in [0.2, 0.25) is 0 Å². The molecule has 0 amide bonds. The van der Waals surface area contributed by atoms with Crippen LogP contribution in [-0.4, -0.2) is 14.7 Å². The van der Waals surface area contributed by atoms with Gasteiger partial charge in [0.15, 0.2) is 5.76 Å². The van der Waals surface area contributed by atoms with Crippen molar-refractivity contribution in [2.24, 2.45) is 0 Å². The highest BCUT2D eigenvalue weighted by atomic mass is 79.9. The maximum atomic E-state index is 12.5. The lowest BCUT2D eigenvalue weighted by atomic mass is 10.1. The molecule has 2 aromatic carbocycles. The third kappa shape index (κ3) is 5.02. The summed E-state index contributed by atoms with van der Waals surface area (Å²) in [5.41, 5.74) is 2.90. The van der Waals surface area contributed by atoms with Crippen molar-refractivity contribution in [1.82, 2.24) is 14.7 Å². The SMILES string of the molecule is Cc1ccc2c(Br)c[nH]c(=O)c2c1.Cc1ccc2c(Br)cn(Cc3cc(C)no3)c(=O)c2c1. The molecular weight excluding hydrogens is 550 g/mol. The van der Waals surface area contributed by atoms with Crippen LogP contribution < -0.4 is 11.1 Å². The first-order valence-corrected chi connectivity index (χ1v) is 11.8. The maximum Gasteiger partial charge on any atom is 0.258 e. The van der Waals surface area contributed by atoms with Crippen LogP contribution in [0.15, 0.2) is 77.9 Å². The van der Waals surface area contributed by atoms with E-state index in [1.165, 1.54) is 0 Å². The molecule has 3 aromatic heterocycles. The van der Waals surface area contributed by atoms with Crippen LogP contribution >= 0.6 is 31.9 Å². The van der Waals surface area contributed by atoms with Gasteiger partial charge in [-0.15, -0.1) is 0 Å². The molecule has 0 unspecified atom stereocenters. The first-order valence-electron chi connectivity index (χ1n) is 10.2. The lowest BCUT2D eigenvalue weighted by Crippen LogP contribution is -2.20. The predicted octanol–water partition coefficient (Wildman–Crippen LogP) is 6.02. The van der Waals surface area contributed by atoms with Gasteiger partial charge in [0.2, 0.25) is 0 Å². The van der Waals surface area contributed by atoms with Gasteiger partial charge in [-0.25, -0.2) is 0 Å². The monoisotopic (exact) mass is 569 g/mol. The molecule has 3 heterocycles. The summed E-state index contributed by atoms with van der Waals surface area (Å²) < 4.78 is 8.62. The number of fused-ring (bicyclic) bond motifs is 2. The summed E-state index contributed by atoms with van der Waals surface area (Å²) in [4.78, 5) is 26.6. The number of benzene rings is 2. The van der Waals surface area contributed by atoms with Gasteiger partial charge in [-0.3, -0.25) is 9.59 Å². The van der Waals surface area contributed by atoms with Crippen LogP contribution in [0.25, 0.3) is 21.5 Å². The summed E-state index contributed by atoms with van der Waals surface area (Å²) >= 11 is 6.90. The van der Waals surface area contributed by atoms with Crippen molar-refractivity contribution in [3.8, 4) is 0 Å². The van der Waals surface area contributed by atoms with Crippen molar-refractivity contribution >= 4 is 53.4 Å². The lowest BCUT2D eigenvalue weighted by Gasteiger charge is -2.08. The summed E-state index contributed by atoms with van der Waals surface area (Å²) in [6.45, 7) is 6.18. The fourth-order valence-corrected chi connectivity index (χ4v) is 4.63. The number of aryl methyl sites for hydroxylation is 3. The zero-order valence-corrected chi connectivity index (χ0v) is 21.5. The number of pyridine rings is 2. The Kier molecular flexibility index (Phi) is 6.67. The van der Waals surface area contributed by atoms with E-state index in [4.69, 9.17) is 4.52 Å². The Morgan fingerprint density at radius 1 is 0.879 bits per heavy atom. The minimum Gasteiger partial charge on any atom is -0.359 e. The molecule has 0 atom stereocenters. The first-order chi connectivity index (χ1) is 15.7. The maximum absolute atomic E-state index is 12.5. The molecule has 0 aliphatic carbocycles. The molecule has 1 N–H and O–H groups in total. The highest BCUT2D eigenvalue weighted by Crippen LogP contribution is 2.23. The van der Waals surface area contributed by atoms with Crippen molar-refractivity contribution in [3.63, 3.8) is 0 Å². The van der Waals surface area contributed by atoms with Gasteiger partial charge in [0.05, 0.1) is 12.2 Å². The molecule has 0 aliphatic heterocycles. The standard InChI is InChI=1S/C15H13BrN2O2.C10H8BrNO/c1-9-3-4-12-13(5-9)15(19)18(8-14(12)16)7-11-6-10(2)17-20-11;1-6-2-3-7-8(4-6)10(13)12-5-9(7)11/h3-6,8H,7H2,1-2H3;2-5H,1H3,(H,12,13). The van der Waals surface area contributed by atoms with Crippen molar-refractivity contribution in [1.29, 1.82) is 0 Å². The lowest BCUT2D eigenvalue weighted by molar-refractivity contribution is 0.372. The molecule has 0 bridgehead atoms. The van der Waals surface area contributed by atoms with Gasteiger partial charge in [0.25, 0.3) is 11.1 Å².